The molecule has 1 amide bonds. The van der Waals surface area contributed by atoms with E-state index in [4.69, 9.17) is 10.00 Å². The topological polar surface area (TPSA) is 79.2 Å². The van der Waals surface area contributed by atoms with Crippen LogP contribution in [0.2, 0.25) is 0 Å². The Balaban J connectivity index is 2.76. The third kappa shape index (κ3) is 4.19. The molecule has 0 aliphatic carbocycles. The summed E-state index contributed by atoms with van der Waals surface area (Å²) in [5.41, 5.74) is 0.351. The van der Waals surface area contributed by atoms with Crippen LogP contribution in [-0.2, 0) is 9.53 Å². The average molecular weight is 260 g/mol. The van der Waals surface area contributed by atoms with Gasteiger partial charge in [-0.3, -0.25) is 9.59 Å². The molecule has 0 aromatic heterocycles. The molecule has 5 heteroatoms. The number of ketones is 1. The highest BCUT2D eigenvalue weighted by atomic mass is 16.5. The molecule has 0 radical (unpaired) electrons. The van der Waals surface area contributed by atoms with E-state index in [2.05, 4.69) is 5.32 Å². The van der Waals surface area contributed by atoms with Crippen molar-refractivity contribution in [3.63, 3.8) is 0 Å². The second-order valence-electron chi connectivity index (χ2n) is 4.16. The van der Waals surface area contributed by atoms with Gasteiger partial charge in [0.05, 0.1) is 12.7 Å². The fourth-order valence-corrected chi connectivity index (χ4v) is 1.62. The molecule has 1 aromatic rings. The van der Waals surface area contributed by atoms with Crippen molar-refractivity contribution in [2.75, 3.05) is 13.7 Å². The van der Waals surface area contributed by atoms with Gasteiger partial charge in [-0.15, -0.1) is 0 Å². The van der Waals surface area contributed by atoms with Crippen LogP contribution in [0.5, 0.6) is 0 Å². The number of nitriles is 1. The Morgan fingerprint density at radius 2 is 2.00 bits per heavy atom. The summed E-state index contributed by atoms with van der Waals surface area (Å²) in [6.07, 6.45) is 0. The molecule has 0 heterocycles. The molecule has 0 saturated carbocycles. The standard InChI is InChI=1S/C14H16N2O3/c1-10(9-19-2)16-14(18)12(8-15)13(17)11-6-4-3-5-7-11/h3-7,10,12H,9H2,1-2H3,(H,16,18). The number of nitrogens with zero attached hydrogens (tertiary/aromatic N) is 1. The summed E-state index contributed by atoms with van der Waals surface area (Å²) in [5, 5.41) is 11.6. The summed E-state index contributed by atoms with van der Waals surface area (Å²) in [7, 11) is 1.51. The molecule has 5 nitrogen and oxygen atoms in total. The number of carbonyl (C=O) groups excluding carboxylic acids is 2. The van der Waals surface area contributed by atoms with Gasteiger partial charge in [0.1, 0.15) is 0 Å². The van der Waals surface area contributed by atoms with E-state index >= 15 is 0 Å². The molecule has 19 heavy (non-hydrogen) atoms. The van der Waals surface area contributed by atoms with Crippen molar-refractivity contribution in [3.05, 3.63) is 35.9 Å². The zero-order valence-electron chi connectivity index (χ0n) is 10.9. The molecule has 100 valence electrons. The van der Waals surface area contributed by atoms with Crippen LogP contribution in [-0.4, -0.2) is 31.4 Å². The Hall–Kier alpha value is -2.19. The van der Waals surface area contributed by atoms with Crippen molar-refractivity contribution >= 4 is 11.7 Å². The summed E-state index contributed by atoms with van der Waals surface area (Å²) < 4.78 is 4.88. The summed E-state index contributed by atoms with van der Waals surface area (Å²) in [4.78, 5) is 23.9. The number of hydrogen-bond donors (Lipinski definition) is 1. The maximum atomic E-state index is 12.0. The zero-order valence-corrected chi connectivity index (χ0v) is 10.9. The molecular formula is C14H16N2O3. The SMILES string of the molecule is COCC(C)NC(=O)C(C#N)C(=O)c1ccccc1. The maximum Gasteiger partial charge on any atom is 0.245 e. The minimum atomic E-state index is -1.33. The van der Waals surface area contributed by atoms with E-state index in [-0.39, 0.29) is 6.04 Å². The molecule has 2 unspecified atom stereocenters. The van der Waals surface area contributed by atoms with E-state index in [9.17, 15) is 9.59 Å². The fraction of sp³-hybridized carbons (Fsp3) is 0.357. The Bertz CT molecular complexity index is 479. The summed E-state index contributed by atoms with van der Waals surface area (Å²) >= 11 is 0. The second-order valence-corrected chi connectivity index (χ2v) is 4.16. The van der Waals surface area contributed by atoms with Gasteiger partial charge >= 0.3 is 0 Å². The number of benzene rings is 1. The Labute approximate surface area is 112 Å². The van der Waals surface area contributed by atoms with Gasteiger partial charge in [-0.1, -0.05) is 30.3 Å². The molecular weight excluding hydrogens is 244 g/mol. The monoisotopic (exact) mass is 260 g/mol. The quantitative estimate of drug-likeness (QED) is 0.615. The molecule has 0 bridgehead atoms. The van der Waals surface area contributed by atoms with Crippen molar-refractivity contribution in [3.8, 4) is 6.07 Å². The van der Waals surface area contributed by atoms with Gasteiger partial charge in [-0.25, -0.2) is 0 Å². The Morgan fingerprint density at radius 3 is 2.53 bits per heavy atom. The number of Topliss-reactive ketones (excluding diaryl/α,β-unsaturated/α-hetero) is 1. The molecule has 0 saturated heterocycles. The Morgan fingerprint density at radius 1 is 1.37 bits per heavy atom. The van der Waals surface area contributed by atoms with E-state index in [1.807, 2.05) is 0 Å². The van der Waals surface area contributed by atoms with E-state index in [1.54, 1.807) is 43.3 Å². The number of ether oxygens (including phenoxy) is 1. The molecule has 0 aliphatic heterocycles. The van der Waals surface area contributed by atoms with Gasteiger partial charge < -0.3 is 10.1 Å². The van der Waals surface area contributed by atoms with Crippen molar-refractivity contribution in [2.24, 2.45) is 5.92 Å². The average Bonchev–Trinajstić information content (AvgIpc) is 2.40. The van der Waals surface area contributed by atoms with Gasteiger partial charge in [0.25, 0.3) is 0 Å². The van der Waals surface area contributed by atoms with Crippen molar-refractivity contribution in [1.29, 1.82) is 5.26 Å². The van der Waals surface area contributed by atoms with Gasteiger partial charge in [-0.2, -0.15) is 5.26 Å². The van der Waals surface area contributed by atoms with Crippen molar-refractivity contribution in [2.45, 2.75) is 13.0 Å². The number of nitrogens with one attached hydrogen (secondary N) is 1. The number of carbonyl (C=O) groups is 2. The molecule has 1 N–H and O–H groups in total. The summed E-state index contributed by atoms with van der Waals surface area (Å²) in [5.74, 6) is -2.42. The highest BCUT2D eigenvalue weighted by Crippen LogP contribution is 2.09. The van der Waals surface area contributed by atoms with Gasteiger partial charge in [0, 0.05) is 18.7 Å². The fourth-order valence-electron chi connectivity index (χ4n) is 1.62. The largest absolute Gasteiger partial charge is 0.383 e. The molecule has 2 atom stereocenters. The zero-order chi connectivity index (χ0) is 14.3. The molecule has 1 rings (SSSR count). The van der Waals surface area contributed by atoms with E-state index in [0.717, 1.165) is 0 Å². The highest BCUT2D eigenvalue weighted by Gasteiger charge is 2.28. The minimum absolute atomic E-state index is 0.253. The second kappa shape index (κ2) is 7.29. The predicted molar refractivity (Wildman–Crippen MR) is 69.4 cm³/mol. The Kier molecular flexibility index (Phi) is 5.71. The lowest BCUT2D eigenvalue weighted by Gasteiger charge is -2.15. The molecule has 1 aromatic carbocycles. The normalized spacial score (nSPS) is 13.1. The van der Waals surface area contributed by atoms with Crippen LogP contribution in [0.3, 0.4) is 0 Å². The van der Waals surface area contributed by atoms with Crippen LogP contribution < -0.4 is 5.32 Å². The lowest BCUT2D eigenvalue weighted by atomic mass is 9.98. The lowest BCUT2D eigenvalue weighted by Crippen LogP contribution is -2.41. The summed E-state index contributed by atoms with van der Waals surface area (Å²) in [6.45, 7) is 2.06. The van der Waals surface area contributed by atoms with E-state index in [1.165, 1.54) is 7.11 Å². The summed E-state index contributed by atoms with van der Waals surface area (Å²) in [6, 6.07) is 9.79. The lowest BCUT2D eigenvalue weighted by molar-refractivity contribution is -0.123. The third-order valence-corrected chi connectivity index (χ3v) is 2.52. The first-order valence-corrected chi connectivity index (χ1v) is 5.88. The predicted octanol–water partition coefficient (Wildman–Crippen LogP) is 1.16. The van der Waals surface area contributed by atoms with Crippen LogP contribution in [0.25, 0.3) is 0 Å². The number of hydrogen-bond acceptors (Lipinski definition) is 4. The van der Waals surface area contributed by atoms with Crippen molar-refractivity contribution in [1.82, 2.24) is 5.32 Å². The van der Waals surface area contributed by atoms with E-state index in [0.29, 0.717) is 12.2 Å². The van der Waals surface area contributed by atoms with Crippen LogP contribution >= 0.6 is 0 Å². The number of rotatable bonds is 6. The maximum absolute atomic E-state index is 12.0. The van der Waals surface area contributed by atoms with Gasteiger partial charge in [0.2, 0.25) is 5.91 Å². The van der Waals surface area contributed by atoms with Gasteiger partial charge in [0.15, 0.2) is 11.7 Å². The number of methoxy groups -OCH3 is 1. The van der Waals surface area contributed by atoms with Crippen LogP contribution in [0.4, 0.5) is 0 Å². The first-order chi connectivity index (χ1) is 9.10. The molecule has 0 spiro atoms. The third-order valence-electron chi connectivity index (χ3n) is 2.52. The first kappa shape index (κ1) is 14.9. The van der Waals surface area contributed by atoms with Crippen LogP contribution in [0.15, 0.2) is 30.3 Å². The molecule has 0 aliphatic rings. The minimum Gasteiger partial charge on any atom is -0.383 e. The van der Waals surface area contributed by atoms with Crippen LogP contribution in [0, 0.1) is 17.2 Å². The van der Waals surface area contributed by atoms with Crippen molar-refractivity contribution < 1.29 is 14.3 Å². The first-order valence-electron chi connectivity index (χ1n) is 5.88. The number of amides is 1. The van der Waals surface area contributed by atoms with Gasteiger partial charge in [-0.05, 0) is 6.92 Å². The van der Waals surface area contributed by atoms with E-state index < -0.39 is 17.6 Å². The smallest absolute Gasteiger partial charge is 0.245 e. The molecule has 0 fully saturated rings. The van der Waals surface area contributed by atoms with Crippen LogP contribution in [0.1, 0.15) is 17.3 Å². The highest BCUT2D eigenvalue weighted by molar-refractivity contribution is 6.12.